The van der Waals surface area contributed by atoms with Gasteiger partial charge in [-0.1, -0.05) is 19.1 Å². The van der Waals surface area contributed by atoms with Gasteiger partial charge in [-0.25, -0.2) is 4.79 Å². The zero-order valence-corrected chi connectivity index (χ0v) is 16.2. The van der Waals surface area contributed by atoms with Crippen molar-refractivity contribution in [1.29, 1.82) is 0 Å². The molecule has 0 unspecified atom stereocenters. The van der Waals surface area contributed by atoms with Gasteiger partial charge in [0.2, 0.25) is 11.8 Å². The molecule has 0 aliphatic rings. The van der Waals surface area contributed by atoms with Gasteiger partial charge in [0.05, 0.1) is 5.75 Å². The van der Waals surface area contributed by atoms with E-state index in [0.29, 0.717) is 22.6 Å². The summed E-state index contributed by atoms with van der Waals surface area (Å²) in [5.74, 6) is 0.0601. The first-order chi connectivity index (χ1) is 13.5. The molecule has 0 aliphatic carbocycles. The molecule has 2 amide bonds. The maximum Gasteiger partial charge on any atom is 0.336 e. The second-order valence-corrected chi connectivity index (χ2v) is 7.24. The maximum absolute atomic E-state index is 12.1. The van der Waals surface area contributed by atoms with Gasteiger partial charge < -0.3 is 15.5 Å². The molecule has 7 heteroatoms. The standard InChI is InChI=1S/C21H20N2O4S/c1-2-13-3-8-17-15(10-20(25)27-18(17)9-13)11-28-12-19(24)23-16-6-4-14(5-7-16)21(22)26/h3-10H,2,11-12H2,1H3,(H2,22,26)(H,23,24). The zero-order valence-electron chi connectivity index (χ0n) is 15.4. The smallest absolute Gasteiger partial charge is 0.336 e. The number of hydrogen-bond donors (Lipinski definition) is 2. The summed E-state index contributed by atoms with van der Waals surface area (Å²) in [4.78, 5) is 35.0. The van der Waals surface area contributed by atoms with E-state index < -0.39 is 11.5 Å². The molecular formula is C21H20N2O4S. The molecule has 28 heavy (non-hydrogen) atoms. The van der Waals surface area contributed by atoms with Crippen molar-refractivity contribution in [3.8, 4) is 0 Å². The lowest BCUT2D eigenvalue weighted by atomic mass is 10.1. The first-order valence-corrected chi connectivity index (χ1v) is 9.95. The van der Waals surface area contributed by atoms with Crippen molar-refractivity contribution in [2.45, 2.75) is 19.1 Å². The molecule has 1 heterocycles. The highest BCUT2D eigenvalue weighted by Gasteiger charge is 2.09. The molecule has 3 aromatic rings. The van der Waals surface area contributed by atoms with Gasteiger partial charge in [0, 0.05) is 28.5 Å². The van der Waals surface area contributed by atoms with Gasteiger partial charge in [0.1, 0.15) is 5.58 Å². The Labute approximate surface area is 166 Å². The van der Waals surface area contributed by atoms with E-state index in [2.05, 4.69) is 5.32 Å². The van der Waals surface area contributed by atoms with Gasteiger partial charge in [0.15, 0.2) is 0 Å². The zero-order chi connectivity index (χ0) is 20.1. The number of hydrogen-bond acceptors (Lipinski definition) is 5. The van der Waals surface area contributed by atoms with E-state index in [1.807, 2.05) is 25.1 Å². The Balaban J connectivity index is 1.62. The van der Waals surface area contributed by atoms with Gasteiger partial charge in [-0.2, -0.15) is 0 Å². The Kier molecular flexibility index (Phi) is 6.16. The number of benzene rings is 2. The average Bonchev–Trinajstić information content (AvgIpc) is 2.67. The number of primary amides is 1. The molecule has 0 atom stereocenters. The summed E-state index contributed by atoms with van der Waals surface area (Å²) in [7, 11) is 0. The highest BCUT2D eigenvalue weighted by molar-refractivity contribution is 7.99. The van der Waals surface area contributed by atoms with Crippen LogP contribution < -0.4 is 16.7 Å². The van der Waals surface area contributed by atoms with Crippen LogP contribution in [0.2, 0.25) is 0 Å². The van der Waals surface area contributed by atoms with Crippen LogP contribution in [0.5, 0.6) is 0 Å². The molecule has 0 spiro atoms. The summed E-state index contributed by atoms with van der Waals surface area (Å²) in [5, 5.41) is 3.65. The number of aryl methyl sites for hydroxylation is 1. The van der Waals surface area contributed by atoms with Crippen LogP contribution >= 0.6 is 11.8 Å². The highest BCUT2D eigenvalue weighted by Crippen LogP contribution is 2.23. The van der Waals surface area contributed by atoms with E-state index in [9.17, 15) is 14.4 Å². The van der Waals surface area contributed by atoms with Crippen molar-refractivity contribution in [1.82, 2.24) is 0 Å². The fraction of sp³-hybridized carbons (Fsp3) is 0.190. The number of carbonyl (C=O) groups is 2. The lowest BCUT2D eigenvalue weighted by molar-refractivity contribution is -0.113. The minimum absolute atomic E-state index is 0.169. The first kappa shape index (κ1) is 19.7. The number of anilines is 1. The quantitative estimate of drug-likeness (QED) is 0.597. The number of nitrogens with one attached hydrogen (secondary N) is 1. The number of carbonyl (C=O) groups excluding carboxylic acids is 2. The predicted molar refractivity (Wildman–Crippen MR) is 112 cm³/mol. The van der Waals surface area contributed by atoms with Gasteiger partial charge in [-0.3, -0.25) is 9.59 Å². The number of thioether (sulfide) groups is 1. The number of fused-ring (bicyclic) bond motifs is 1. The van der Waals surface area contributed by atoms with Crippen LogP contribution in [0.25, 0.3) is 11.0 Å². The molecule has 6 nitrogen and oxygen atoms in total. The first-order valence-electron chi connectivity index (χ1n) is 8.79. The average molecular weight is 396 g/mol. The normalized spacial score (nSPS) is 10.8. The molecule has 144 valence electrons. The Morgan fingerprint density at radius 1 is 1.11 bits per heavy atom. The van der Waals surface area contributed by atoms with Crippen molar-refractivity contribution >= 4 is 40.2 Å². The molecule has 3 rings (SSSR count). The maximum atomic E-state index is 12.1. The van der Waals surface area contributed by atoms with Crippen LogP contribution in [-0.2, 0) is 17.0 Å². The summed E-state index contributed by atoms with van der Waals surface area (Å²) >= 11 is 1.41. The molecule has 0 radical (unpaired) electrons. The van der Waals surface area contributed by atoms with Crippen molar-refractivity contribution in [2.75, 3.05) is 11.1 Å². The number of nitrogens with two attached hydrogens (primary N) is 1. The Bertz CT molecular complexity index is 1070. The third-order valence-corrected chi connectivity index (χ3v) is 5.23. The molecular weight excluding hydrogens is 376 g/mol. The molecule has 3 N–H and O–H groups in total. The van der Waals surface area contributed by atoms with E-state index in [-0.39, 0.29) is 11.7 Å². The summed E-state index contributed by atoms with van der Waals surface area (Å²) in [6.07, 6.45) is 0.860. The fourth-order valence-electron chi connectivity index (χ4n) is 2.78. The largest absolute Gasteiger partial charge is 0.423 e. The molecule has 0 bridgehead atoms. The van der Waals surface area contributed by atoms with Crippen LogP contribution in [0.4, 0.5) is 5.69 Å². The molecule has 2 aromatic carbocycles. The SMILES string of the molecule is CCc1ccc2c(CSCC(=O)Nc3ccc(C(N)=O)cc3)cc(=O)oc2c1. The summed E-state index contributed by atoms with van der Waals surface area (Å²) in [6.45, 7) is 2.04. The van der Waals surface area contributed by atoms with E-state index in [1.54, 1.807) is 24.3 Å². The molecule has 0 fully saturated rings. The number of amides is 2. The van der Waals surface area contributed by atoms with Crippen molar-refractivity contribution in [3.63, 3.8) is 0 Å². The molecule has 0 saturated carbocycles. The van der Waals surface area contributed by atoms with E-state index in [4.69, 9.17) is 10.2 Å². The topological polar surface area (TPSA) is 102 Å². The third kappa shape index (κ3) is 4.80. The minimum Gasteiger partial charge on any atom is -0.423 e. The Morgan fingerprint density at radius 3 is 2.54 bits per heavy atom. The second-order valence-electron chi connectivity index (χ2n) is 6.26. The van der Waals surface area contributed by atoms with Crippen molar-refractivity contribution in [2.24, 2.45) is 5.73 Å². The minimum atomic E-state index is -0.515. The van der Waals surface area contributed by atoms with Crippen LogP contribution in [-0.4, -0.2) is 17.6 Å². The van der Waals surface area contributed by atoms with E-state index in [0.717, 1.165) is 22.9 Å². The fourth-order valence-corrected chi connectivity index (χ4v) is 3.60. The van der Waals surface area contributed by atoms with Crippen LogP contribution in [0, 0.1) is 0 Å². The van der Waals surface area contributed by atoms with Gasteiger partial charge in [-0.15, -0.1) is 11.8 Å². The monoisotopic (exact) mass is 396 g/mol. The molecule has 1 aromatic heterocycles. The predicted octanol–water partition coefficient (Wildman–Crippen LogP) is 3.33. The van der Waals surface area contributed by atoms with E-state index >= 15 is 0 Å². The van der Waals surface area contributed by atoms with Crippen molar-refractivity contribution in [3.05, 3.63) is 75.6 Å². The molecule has 0 saturated heterocycles. The second kappa shape index (κ2) is 8.75. The number of rotatable bonds is 7. The van der Waals surface area contributed by atoms with Gasteiger partial charge >= 0.3 is 5.63 Å². The summed E-state index contributed by atoms with van der Waals surface area (Å²) in [6, 6.07) is 13.7. The van der Waals surface area contributed by atoms with Crippen LogP contribution in [0.3, 0.4) is 0 Å². The summed E-state index contributed by atoms with van der Waals surface area (Å²) < 4.78 is 5.30. The van der Waals surface area contributed by atoms with Crippen LogP contribution in [0.1, 0.15) is 28.4 Å². The van der Waals surface area contributed by atoms with Crippen molar-refractivity contribution < 1.29 is 14.0 Å². The van der Waals surface area contributed by atoms with Gasteiger partial charge in [0.25, 0.3) is 0 Å². The van der Waals surface area contributed by atoms with Crippen LogP contribution in [0.15, 0.2) is 57.7 Å². The Hall–Kier alpha value is -3.06. The lowest BCUT2D eigenvalue weighted by Gasteiger charge is -2.08. The lowest BCUT2D eigenvalue weighted by Crippen LogP contribution is -2.15. The Morgan fingerprint density at radius 2 is 1.86 bits per heavy atom. The third-order valence-electron chi connectivity index (χ3n) is 4.25. The van der Waals surface area contributed by atoms with Gasteiger partial charge in [-0.05, 0) is 47.9 Å². The highest BCUT2D eigenvalue weighted by atomic mass is 32.2. The van der Waals surface area contributed by atoms with E-state index in [1.165, 1.54) is 17.8 Å². The summed E-state index contributed by atoms with van der Waals surface area (Å²) in [5.41, 5.74) is 8.29. The molecule has 0 aliphatic heterocycles.